The minimum Gasteiger partial charge on any atom is -0.387 e. The molecule has 2 aliphatic heterocycles. The number of benzene rings is 2. The normalized spacial score (nSPS) is 23.5. The molecule has 5 N–H and O–H groups in total. The summed E-state index contributed by atoms with van der Waals surface area (Å²) in [5.41, 5.74) is 3.36. The number of nitrogens with one attached hydrogen (secondary N) is 3. The van der Waals surface area contributed by atoms with E-state index < -0.39 is 24.5 Å². The molecule has 0 aliphatic carbocycles. The minimum absolute atomic E-state index is 0.0614. The number of imidazole rings is 1. The first-order chi connectivity index (χ1) is 21.6. The Kier molecular flexibility index (Phi) is 7.91. The van der Waals surface area contributed by atoms with Crippen LogP contribution in [0, 0.1) is 0 Å². The average molecular weight is 597 g/mol. The highest BCUT2D eigenvalue weighted by molar-refractivity contribution is 5.84. The van der Waals surface area contributed by atoms with Crippen molar-refractivity contribution in [3.63, 3.8) is 0 Å². The van der Waals surface area contributed by atoms with Gasteiger partial charge < -0.3 is 30.9 Å². The Bertz CT molecular complexity index is 1650. The zero-order valence-electron chi connectivity index (χ0n) is 24.4. The topological polar surface area (TPSA) is 160 Å². The third-order valence-electron chi connectivity index (χ3n) is 8.34. The number of rotatable bonds is 10. The zero-order valence-corrected chi connectivity index (χ0v) is 24.4. The number of ether oxygens (including phenoxy) is 1. The van der Waals surface area contributed by atoms with Crippen LogP contribution in [0.15, 0.2) is 73.3 Å². The molecular formula is C31H36N10O3. The number of hydrogen-bond donors (Lipinski definition) is 5. The van der Waals surface area contributed by atoms with Gasteiger partial charge in [-0.1, -0.05) is 60.7 Å². The van der Waals surface area contributed by atoms with Crippen LogP contribution >= 0.6 is 0 Å². The van der Waals surface area contributed by atoms with Crippen LogP contribution < -0.4 is 16.0 Å². The molecule has 13 heteroatoms. The lowest BCUT2D eigenvalue weighted by molar-refractivity contribution is -0.0383. The molecule has 5 atom stereocenters. The molecule has 44 heavy (non-hydrogen) atoms. The highest BCUT2D eigenvalue weighted by atomic mass is 16.6. The number of nitrogens with zero attached hydrogens (tertiary/aromatic N) is 7. The Hall–Kier alpha value is -4.43. The van der Waals surface area contributed by atoms with Gasteiger partial charge in [0.05, 0.1) is 6.33 Å². The number of aryl methyl sites for hydroxylation is 1. The largest absolute Gasteiger partial charge is 0.387 e. The fraction of sp³-hybridized carbons (Fsp3) is 0.387. The lowest BCUT2D eigenvalue weighted by atomic mass is 9.91. The van der Waals surface area contributed by atoms with E-state index in [4.69, 9.17) is 14.7 Å². The average Bonchev–Trinajstić information content (AvgIpc) is 3.87. The predicted octanol–water partition coefficient (Wildman–Crippen LogP) is 2.45. The summed E-state index contributed by atoms with van der Waals surface area (Å²) in [5, 5.41) is 36.8. The first-order valence-corrected chi connectivity index (χ1v) is 15.1. The van der Waals surface area contributed by atoms with Crippen LogP contribution in [0.2, 0.25) is 0 Å². The molecule has 2 fully saturated rings. The molecule has 0 spiro atoms. The SMILES string of the molecule is CCn1cnc([C@H]2O[C@@H](n3cnc4c(NCC(c5ccccc5)c5ccccc5)nc(NC5CCNC5)nc43)[C@H](O)[C@@H]2O)n1. The summed E-state index contributed by atoms with van der Waals surface area (Å²) in [4.78, 5) is 18.6. The maximum atomic E-state index is 11.1. The Balaban J connectivity index is 1.23. The first kappa shape index (κ1) is 28.3. The van der Waals surface area contributed by atoms with Crippen molar-refractivity contribution in [1.29, 1.82) is 0 Å². The molecule has 228 valence electrons. The molecule has 7 rings (SSSR count). The third-order valence-corrected chi connectivity index (χ3v) is 8.34. The molecule has 2 saturated heterocycles. The van der Waals surface area contributed by atoms with Gasteiger partial charge in [-0.25, -0.2) is 9.97 Å². The summed E-state index contributed by atoms with van der Waals surface area (Å²) in [6, 6.07) is 20.9. The van der Waals surface area contributed by atoms with E-state index in [1.807, 2.05) is 43.3 Å². The van der Waals surface area contributed by atoms with Gasteiger partial charge in [-0.15, -0.1) is 0 Å². The molecule has 0 radical (unpaired) electrons. The van der Waals surface area contributed by atoms with E-state index in [0.717, 1.165) is 19.5 Å². The summed E-state index contributed by atoms with van der Waals surface area (Å²) in [6.45, 7) is 4.86. The molecule has 0 saturated carbocycles. The maximum absolute atomic E-state index is 11.1. The summed E-state index contributed by atoms with van der Waals surface area (Å²) in [6.07, 6.45) is -0.256. The van der Waals surface area contributed by atoms with Gasteiger partial charge in [-0.2, -0.15) is 15.1 Å². The Morgan fingerprint density at radius 2 is 1.73 bits per heavy atom. The number of aromatic nitrogens is 7. The molecule has 3 aromatic heterocycles. The van der Waals surface area contributed by atoms with Crippen molar-refractivity contribution < 1.29 is 14.9 Å². The van der Waals surface area contributed by atoms with Crippen molar-refractivity contribution in [2.45, 2.75) is 56.4 Å². The molecule has 5 aromatic rings. The molecule has 13 nitrogen and oxygen atoms in total. The van der Waals surface area contributed by atoms with Gasteiger partial charge in [0, 0.05) is 31.6 Å². The molecule has 5 heterocycles. The zero-order chi connectivity index (χ0) is 30.0. The minimum atomic E-state index is -1.26. The van der Waals surface area contributed by atoms with Gasteiger partial charge in [0.15, 0.2) is 35.1 Å². The quantitative estimate of drug-likeness (QED) is 0.161. The number of fused-ring (bicyclic) bond motifs is 1. The maximum Gasteiger partial charge on any atom is 0.227 e. The van der Waals surface area contributed by atoms with Crippen LogP contribution in [0.1, 0.15) is 48.5 Å². The number of aliphatic hydroxyl groups excluding tert-OH is 2. The monoisotopic (exact) mass is 596 g/mol. The third kappa shape index (κ3) is 5.50. The number of hydrogen-bond acceptors (Lipinski definition) is 11. The van der Waals surface area contributed by atoms with Crippen LogP contribution in [0.25, 0.3) is 11.2 Å². The van der Waals surface area contributed by atoms with Crippen molar-refractivity contribution in [3.8, 4) is 0 Å². The highest BCUT2D eigenvalue weighted by Gasteiger charge is 2.47. The van der Waals surface area contributed by atoms with Crippen LogP contribution in [0.5, 0.6) is 0 Å². The second-order valence-electron chi connectivity index (χ2n) is 11.2. The number of anilines is 2. The lowest BCUT2D eigenvalue weighted by Crippen LogP contribution is -2.29. The molecule has 2 aromatic carbocycles. The van der Waals surface area contributed by atoms with Crippen molar-refractivity contribution in [1.82, 2.24) is 39.6 Å². The van der Waals surface area contributed by atoms with Crippen LogP contribution in [-0.2, 0) is 11.3 Å². The van der Waals surface area contributed by atoms with E-state index in [1.54, 1.807) is 21.9 Å². The van der Waals surface area contributed by atoms with Crippen LogP contribution in [0.4, 0.5) is 11.8 Å². The molecular weight excluding hydrogens is 560 g/mol. The van der Waals surface area contributed by atoms with Gasteiger partial charge >= 0.3 is 0 Å². The predicted molar refractivity (Wildman–Crippen MR) is 164 cm³/mol. The van der Waals surface area contributed by atoms with Crippen molar-refractivity contribution >= 4 is 22.9 Å². The highest BCUT2D eigenvalue weighted by Crippen LogP contribution is 2.39. The van der Waals surface area contributed by atoms with Crippen LogP contribution in [-0.4, -0.2) is 82.4 Å². The fourth-order valence-electron chi connectivity index (χ4n) is 5.94. The van der Waals surface area contributed by atoms with Gasteiger partial charge in [0.25, 0.3) is 0 Å². The fourth-order valence-corrected chi connectivity index (χ4v) is 5.94. The van der Waals surface area contributed by atoms with Crippen molar-refractivity contribution in [3.05, 3.63) is 90.3 Å². The van der Waals surface area contributed by atoms with E-state index >= 15 is 0 Å². The summed E-state index contributed by atoms with van der Waals surface area (Å²) in [7, 11) is 0. The second-order valence-corrected chi connectivity index (χ2v) is 11.2. The Morgan fingerprint density at radius 3 is 2.39 bits per heavy atom. The van der Waals surface area contributed by atoms with E-state index in [0.29, 0.717) is 41.8 Å². The van der Waals surface area contributed by atoms with Crippen molar-refractivity contribution in [2.24, 2.45) is 0 Å². The summed E-state index contributed by atoms with van der Waals surface area (Å²) < 4.78 is 9.48. The van der Waals surface area contributed by atoms with Gasteiger partial charge in [-0.3, -0.25) is 9.25 Å². The Morgan fingerprint density at radius 1 is 0.977 bits per heavy atom. The lowest BCUT2D eigenvalue weighted by Gasteiger charge is -2.20. The van der Waals surface area contributed by atoms with Gasteiger partial charge in [-0.05, 0) is 31.0 Å². The molecule has 2 aliphatic rings. The summed E-state index contributed by atoms with van der Waals surface area (Å²) >= 11 is 0. The van der Waals surface area contributed by atoms with E-state index in [9.17, 15) is 10.2 Å². The number of aliphatic hydroxyl groups is 2. The van der Waals surface area contributed by atoms with Crippen molar-refractivity contribution in [2.75, 3.05) is 30.3 Å². The smallest absolute Gasteiger partial charge is 0.227 e. The van der Waals surface area contributed by atoms with E-state index in [1.165, 1.54) is 11.1 Å². The molecule has 0 bridgehead atoms. The summed E-state index contributed by atoms with van der Waals surface area (Å²) in [5.74, 6) is 1.38. The van der Waals surface area contributed by atoms with E-state index in [2.05, 4.69) is 55.3 Å². The molecule has 0 amide bonds. The van der Waals surface area contributed by atoms with Crippen LogP contribution in [0.3, 0.4) is 0 Å². The first-order valence-electron chi connectivity index (χ1n) is 15.1. The van der Waals surface area contributed by atoms with Gasteiger partial charge in [0.1, 0.15) is 18.5 Å². The Labute approximate surface area is 254 Å². The second kappa shape index (κ2) is 12.3. The van der Waals surface area contributed by atoms with E-state index in [-0.39, 0.29) is 12.0 Å². The van der Waals surface area contributed by atoms with Gasteiger partial charge in [0.2, 0.25) is 5.95 Å². The standard InChI is InChI=1S/C31H36N10O3/c1-2-40-17-35-28(39-40)26-24(42)25(43)30(44-26)41-18-34-23-27(37-31(38-29(23)41)36-21-13-14-32-15-21)33-16-22(19-9-5-3-6-10-19)20-11-7-4-8-12-20/h3-12,17-18,21-22,24-26,30,32,42-43H,2,13-16H2,1H3,(H2,33,36,37,38)/t21?,24-,25+,26-,30+/m0/s1. The molecule has 1 unspecified atom stereocenters.